The molecule has 3 rings (SSSR count). The number of carbonyl (C=O) groups excluding carboxylic acids is 1. The third-order valence-corrected chi connectivity index (χ3v) is 3.95. The number of anilines is 1. The van der Waals surface area contributed by atoms with Gasteiger partial charge in [-0.3, -0.25) is 4.79 Å². The minimum atomic E-state index is -0.358. The van der Waals surface area contributed by atoms with E-state index in [9.17, 15) is 9.18 Å². The monoisotopic (exact) mass is 370 g/mol. The molecule has 1 amide bonds. The summed E-state index contributed by atoms with van der Waals surface area (Å²) >= 11 is 5.97. The average Bonchev–Trinajstić information content (AvgIpc) is 2.64. The molecular formula is C20H16ClFN2O2. The van der Waals surface area contributed by atoms with Crippen LogP contribution in [-0.2, 0) is 0 Å². The highest BCUT2D eigenvalue weighted by molar-refractivity contribution is 6.30. The van der Waals surface area contributed by atoms with Gasteiger partial charge in [-0.05, 0) is 61.5 Å². The number of nitrogens with zero attached hydrogens (tertiary/aromatic N) is 2. The van der Waals surface area contributed by atoms with E-state index in [1.54, 1.807) is 54.7 Å². The zero-order valence-corrected chi connectivity index (χ0v) is 14.8. The van der Waals surface area contributed by atoms with E-state index in [1.807, 2.05) is 6.92 Å². The Kier molecular flexibility index (Phi) is 5.49. The number of ether oxygens (including phenoxy) is 1. The summed E-state index contributed by atoms with van der Waals surface area (Å²) in [6.07, 6.45) is 1.55. The first-order valence-electron chi connectivity index (χ1n) is 8.04. The Morgan fingerprint density at radius 2 is 1.92 bits per heavy atom. The van der Waals surface area contributed by atoms with Crippen molar-refractivity contribution in [1.82, 2.24) is 4.98 Å². The molecule has 4 nitrogen and oxygen atoms in total. The van der Waals surface area contributed by atoms with Crippen LogP contribution < -0.4 is 9.64 Å². The molecule has 0 spiro atoms. The van der Waals surface area contributed by atoms with Crippen molar-refractivity contribution in [2.75, 3.05) is 11.4 Å². The van der Waals surface area contributed by atoms with Crippen molar-refractivity contribution in [3.63, 3.8) is 0 Å². The summed E-state index contributed by atoms with van der Waals surface area (Å²) in [6, 6.07) is 15.9. The minimum Gasteiger partial charge on any atom is -0.438 e. The zero-order valence-electron chi connectivity index (χ0n) is 14.0. The molecule has 1 aromatic heterocycles. The second-order valence-electron chi connectivity index (χ2n) is 5.44. The average molecular weight is 371 g/mol. The molecule has 6 heteroatoms. The number of hydrogen-bond donors (Lipinski definition) is 0. The Balaban J connectivity index is 1.92. The highest BCUT2D eigenvalue weighted by Gasteiger charge is 2.21. The summed E-state index contributed by atoms with van der Waals surface area (Å²) in [5.74, 6) is 0.0169. The van der Waals surface area contributed by atoms with Gasteiger partial charge in [0.15, 0.2) is 0 Å². The molecule has 0 unspecified atom stereocenters. The molecule has 132 valence electrons. The highest BCUT2D eigenvalue weighted by atomic mass is 35.5. The van der Waals surface area contributed by atoms with Crippen LogP contribution in [0.4, 0.5) is 10.1 Å². The van der Waals surface area contributed by atoms with Crippen molar-refractivity contribution in [1.29, 1.82) is 0 Å². The van der Waals surface area contributed by atoms with Crippen LogP contribution in [0.25, 0.3) is 0 Å². The fraction of sp³-hybridized carbons (Fsp3) is 0.100. The Bertz CT molecular complexity index is 916. The fourth-order valence-corrected chi connectivity index (χ4v) is 2.67. The maximum atomic E-state index is 13.2. The lowest BCUT2D eigenvalue weighted by Crippen LogP contribution is -2.31. The first-order chi connectivity index (χ1) is 12.6. The Morgan fingerprint density at radius 1 is 1.15 bits per heavy atom. The van der Waals surface area contributed by atoms with E-state index in [0.29, 0.717) is 28.6 Å². The van der Waals surface area contributed by atoms with Gasteiger partial charge in [0.1, 0.15) is 17.1 Å². The first-order valence-corrected chi connectivity index (χ1v) is 8.42. The summed E-state index contributed by atoms with van der Waals surface area (Å²) in [5, 5.41) is 0.521. The molecule has 26 heavy (non-hydrogen) atoms. The second-order valence-corrected chi connectivity index (χ2v) is 5.88. The number of aromatic nitrogens is 1. The van der Waals surface area contributed by atoms with Gasteiger partial charge in [-0.15, -0.1) is 0 Å². The normalized spacial score (nSPS) is 10.4. The van der Waals surface area contributed by atoms with E-state index < -0.39 is 0 Å². The van der Waals surface area contributed by atoms with Crippen molar-refractivity contribution >= 4 is 23.2 Å². The topological polar surface area (TPSA) is 42.4 Å². The molecule has 0 aliphatic rings. The highest BCUT2D eigenvalue weighted by Crippen LogP contribution is 2.27. The van der Waals surface area contributed by atoms with Crippen LogP contribution in [0.3, 0.4) is 0 Å². The SMILES string of the molecule is CCN(C(=O)c1cccnc1Oc1cccc(Cl)c1)c1ccc(F)cc1. The Labute approximate surface area is 155 Å². The van der Waals surface area contributed by atoms with Crippen LogP contribution >= 0.6 is 11.6 Å². The summed E-state index contributed by atoms with van der Waals surface area (Å²) < 4.78 is 18.9. The van der Waals surface area contributed by atoms with Gasteiger partial charge >= 0.3 is 0 Å². The predicted molar refractivity (Wildman–Crippen MR) is 99.5 cm³/mol. The lowest BCUT2D eigenvalue weighted by Gasteiger charge is -2.22. The van der Waals surface area contributed by atoms with Crippen molar-refractivity contribution in [3.05, 3.63) is 83.3 Å². The molecule has 0 bridgehead atoms. The molecule has 2 aromatic carbocycles. The van der Waals surface area contributed by atoms with E-state index in [1.165, 1.54) is 17.0 Å². The first kappa shape index (κ1) is 17.9. The van der Waals surface area contributed by atoms with E-state index in [-0.39, 0.29) is 17.6 Å². The molecule has 0 N–H and O–H groups in total. The van der Waals surface area contributed by atoms with Crippen LogP contribution in [0.2, 0.25) is 5.02 Å². The van der Waals surface area contributed by atoms with Crippen molar-refractivity contribution in [2.24, 2.45) is 0 Å². The van der Waals surface area contributed by atoms with Gasteiger partial charge in [0, 0.05) is 23.5 Å². The van der Waals surface area contributed by atoms with E-state index in [2.05, 4.69) is 4.98 Å². The Morgan fingerprint density at radius 3 is 2.62 bits per heavy atom. The molecule has 0 aliphatic carbocycles. The molecule has 1 heterocycles. The number of benzene rings is 2. The van der Waals surface area contributed by atoms with Crippen LogP contribution in [0.5, 0.6) is 11.6 Å². The second kappa shape index (κ2) is 7.97. The third kappa shape index (κ3) is 4.00. The van der Waals surface area contributed by atoms with Gasteiger partial charge < -0.3 is 9.64 Å². The summed E-state index contributed by atoms with van der Waals surface area (Å²) in [6.45, 7) is 2.26. The number of pyridine rings is 1. The van der Waals surface area contributed by atoms with Gasteiger partial charge in [0.25, 0.3) is 5.91 Å². The standard InChI is InChI=1S/C20H16ClFN2O2/c1-2-24(16-10-8-15(22)9-11-16)20(25)18-7-4-12-23-19(18)26-17-6-3-5-14(21)13-17/h3-13H,2H2,1H3. The molecule has 0 atom stereocenters. The van der Waals surface area contributed by atoms with Gasteiger partial charge in [0.05, 0.1) is 0 Å². The number of hydrogen-bond acceptors (Lipinski definition) is 3. The molecule has 0 saturated heterocycles. The molecule has 0 radical (unpaired) electrons. The van der Waals surface area contributed by atoms with Gasteiger partial charge in [-0.2, -0.15) is 0 Å². The lowest BCUT2D eigenvalue weighted by atomic mass is 10.2. The van der Waals surface area contributed by atoms with E-state index >= 15 is 0 Å². The van der Waals surface area contributed by atoms with Crippen LogP contribution in [0, 0.1) is 5.82 Å². The quantitative estimate of drug-likeness (QED) is 0.609. The Hall–Kier alpha value is -2.92. The van der Waals surface area contributed by atoms with Crippen molar-refractivity contribution < 1.29 is 13.9 Å². The fourth-order valence-electron chi connectivity index (χ4n) is 2.49. The van der Waals surface area contributed by atoms with Gasteiger partial charge in [-0.1, -0.05) is 17.7 Å². The maximum absolute atomic E-state index is 13.2. The minimum absolute atomic E-state index is 0.181. The number of rotatable bonds is 5. The van der Waals surface area contributed by atoms with Crippen LogP contribution in [-0.4, -0.2) is 17.4 Å². The molecule has 0 aliphatic heterocycles. The smallest absolute Gasteiger partial charge is 0.263 e. The van der Waals surface area contributed by atoms with E-state index in [4.69, 9.17) is 16.3 Å². The van der Waals surface area contributed by atoms with E-state index in [0.717, 1.165) is 0 Å². The van der Waals surface area contributed by atoms with Gasteiger partial charge in [-0.25, -0.2) is 9.37 Å². The molecular weight excluding hydrogens is 355 g/mol. The zero-order chi connectivity index (χ0) is 18.5. The van der Waals surface area contributed by atoms with Crippen molar-refractivity contribution in [3.8, 4) is 11.6 Å². The summed E-state index contributed by atoms with van der Waals surface area (Å²) in [4.78, 5) is 18.7. The predicted octanol–water partition coefficient (Wildman–Crippen LogP) is 5.33. The van der Waals surface area contributed by atoms with Gasteiger partial charge in [0.2, 0.25) is 5.88 Å². The molecule has 0 fully saturated rings. The number of carbonyl (C=O) groups is 1. The largest absolute Gasteiger partial charge is 0.438 e. The van der Waals surface area contributed by atoms with Crippen LogP contribution in [0.1, 0.15) is 17.3 Å². The third-order valence-electron chi connectivity index (χ3n) is 3.71. The van der Waals surface area contributed by atoms with Crippen LogP contribution in [0.15, 0.2) is 66.9 Å². The van der Waals surface area contributed by atoms with Crippen molar-refractivity contribution in [2.45, 2.75) is 6.92 Å². The molecule has 0 saturated carbocycles. The lowest BCUT2D eigenvalue weighted by molar-refractivity contribution is 0.0985. The molecule has 3 aromatic rings. The summed E-state index contributed by atoms with van der Waals surface area (Å²) in [5.41, 5.74) is 0.898. The maximum Gasteiger partial charge on any atom is 0.263 e. The summed E-state index contributed by atoms with van der Waals surface area (Å²) in [7, 11) is 0. The number of halogens is 2. The number of amides is 1.